The van der Waals surface area contributed by atoms with Gasteiger partial charge in [0.2, 0.25) is 5.91 Å². The normalized spacial score (nSPS) is 30.4. The summed E-state index contributed by atoms with van der Waals surface area (Å²) in [4.78, 5) is 45.1. The first-order valence-corrected chi connectivity index (χ1v) is 14.4. The van der Waals surface area contributed by atoms with Gasteiger partial charge < -0.3 is 19.6 Å². The number of rotatable bonds is 10. The number of hydrogen-bond donors (Lipinski definition) is 1. The van der Waals surface area contributed by atoms with E-state index in [1.807, 2.05) is 32.0 Å². The van der Waals surface area contributed by atoms with Gasteiger partial charge in [-0.15, -0.1) is 18.3 Å². The lowest BCUT2D eigenvalue weighted by atomic mass is 9.71. The number of halogens is 1. The number of para-hydroxylation sites is 1. The van der Waals surface area contributed by atoms with Crippen LogP contribution >= 0.6 is 27.7 Å². The highest BCUT2D eigenvalue weighted by Gasteiger charge is 2.76. The Hall–Kier alpha value is -1.84. The molecule has 6 atom stereocenters. The molecule has 1 spiro atoms. The van der Waals surface area contributed by atoms with Crippen LogP contribution in [0.25, 0.3) is 0 Å². The number of thioether (sulfide) groups is 1. The molecule has 1 aromatic carbocycles. The molecule has 36 heavy (non-hydrogen) atoms. The number of alkyl halides is 1. The summed E-state index contributed by atoms with van der Waals surface area (Å²) < 4.78 is 4.69. The van der Waals surface area contributed by atoms with Crippen molar-refractivity contribution in [3.8, 4) is 0 Å². The first-order chi connectivity index (χ1) is 17.2. The molecule has 0 aromatic heterocycles. The van der Waals surface area contributed by atoms with Gasteiger partial charge in [-0.05, 0) is 51.2 Å². The summed E-state index contributed by atoms with van der Waals surface area (Å²) in [5.74, 6) is -1.86. The number of benzene rings is 1. The van der Waals surface area contributed by atoms with Crippen molar-refractivity contribution in [2.45, 2.75) is 60.9 Å². The summed E-state index contributed by atoms with van der Waals surface area (Å²) in [5.41, 5.74) is 2.78. The molecular weight excluding hydrogens is 544 g/mol. The number of aliphatic hydroxyl groups excluding tert-OH is 1. The van der Waals surface area contributed by atoms with Crippen LogP contribution in [0.1, 0.15) is 37.3 Å². The molecule has 9 heteroatoms. The predicted octanol–water partition coefficient (Wildman–Crippen LogP) is 3.62. The van der Waals surface area contributed by atoms with Gasteiger partial charge in [-0.2, -0.15) is 0 Å². The van der Waals surface area contributed by atoms with E-state index in [1.165, 1.54) is 0 Å². The maximum atomic E-state index is 14.6. The van der Waals surface area contributed by atoms with Crippen LogP contribution in [-0.4, -0.2) is 75.0 Å². The zero-order valence-electron chi connectivity index (χ0n) is 21.1. The number of fused-ring (bicyclic) bond motifs is 1. The standard InChI is InChI=1S/C27H35BrN2O5S/c1-5-12-29(21-16(3)10-9-11-17(21)4)25(33)23-27-15-18(28)22(36-27)19(26(34)35-6-2)20(27)24(32)30(23)13-7-8-14-31/h5,9-11,18-20,22-23,31H,1,6-8,12-15H2,2-4H3/t18?,19-,20-,22-,23?,27?/m0/s1. The summed E-state index contributed by atoms with van der Waals surface area (Å²) in [6, 6.07) is 5.20. The molecule has 1 N–H and O–H groups in total. The SMILES string of the molecule is C=CCN(C(=O)C1N(CCCCO)C(=O)[C@@H]2[C@H](C(=O)OCC)[C@H]3SC12CC3Br)c1c(C)cccc1C. The fraction of sp³-hybridized carbons (Fsp3) is 0.593. The average Bonchev–Trinajstić information content (AvgIpc) is 3.42. The lowest BCUT2D eigenvalue weighted by Crippen LogP contribution is -2.56. The number of carbonyl (C=O) groups is 3. The van der Waals surface area contributed by atoms with Crippen molar-refractivity contribution in [2.75, 3.05) is 31.2 Å². The number of hydrogen-bond acceptors (Lipinski definition) is 6. The molecule has 2 bridgehead atoms. The number of amides is 2. The highest BCUT2D eigenvalue weighted by Crippen LogP contribution is 2.68. The molecule has 0 aliphatic carbocycles. The maximum Gasteiger partial charge on any atom is 0.310 e. The van der Waals surface area contributed by atoms with Crippen molar-refractivity contribution >= 4 is 51.2 Å². The van der Waals surface area contributed by atoms with E-state index in [0.717, 1.165) is 16.8 Å². The van der Waals surface area contributed by atoms with E-state index in [0.29, 0.717) is 32.4 Å². The smallest absolute Gasteiger partial charge is 0.310 e. The minimum Gasteiger partial charge on any atom is -0.466 e. The second-order valence-corrected chi connectivity index (χ2v) is 12.6. The lowest BCUT2D eigenvalue weighted by molar-refractivity contribution is -0.153. The number of unbranched alkanes of at least 4 members (excludes halogenated alkanes) is 1. The number of nitrogens with zero attached hydrogens (tertiary/aromatic N) is 2. The van der Waals surface area contributed by atoms with Crippen molar-refractivity contribution in [1.82, 2.24) is 4.90 Å². The monoisotopic (exact) mass is 578 g/mol. The first kappa shape index (κ1) is 27.2. The van der Waals surface area contributed by atoms with Crippen molar-refractivity contribution in [3.05, 3.63) is 42.0 Å². The lowest BCUT2D eigenvalue weighted by Gasteiger charge is -2.38. The largest absolute Gasteiger partial charge is 0.466 e. The van der Waals surface area contributed by atoms with Crippen LogP contribution in [0, 0.1) is 25.7 Å². The minimum absolute atomic E-state index is 0.00157. The highest BCUT2D eigenvalue weighted by molar-refractivity contribution is 9.09. The van der Waals surface area contributed by atoms with E-state index in [4.69, 9.17) is 4.74 Å². The number of ether oxygens (including phenoxy) is 1. The summed E-state index contributed by atoms with van der Waals surface area (Å²) in [6.45, 7) is 10.6. The number of aryl methyl sites for hydroxylation is 2. The Labute approximate surface area is 225 Å². The van der Waals surface area contributed by atoms with Gasteiger partial charge in [-0.1, -0.05) is 40.2 Å². The van der Waals surface area contributed by atoms with Crippen LogP contribution < -0.4 is 4.90 Å². The van der Waals surface area contributed by atoms with Crippen LogP contribution in [-0.2, 0) is 19.1 Å². The van der Waals surface area contributed by atoms with Crippen LogP contribution in [0.5, 0.6) is 0 Å². The number of anilines is 1. The Bertz CT molecular complexity index is 1030. The summed E-state index contributed by atoms with van der Waals surface area (Å²) in [6.07, 6.45) is 3.44. The molecule has 3 unspecified atom stereocenters. The van der Waals surface area contributed by atoms with E-state index in [9.17, 15) is 19.5 Å². The van der Waals surface area contributed by atoms with Crippen LogP contribution in [0.4, 0.5) is 5.69 Å². The molecule has 196 valence electrons. The molecule has 3 fully saturated rings. The zero-order valence-corrected chi connectivity index (χ0v) is 23.5. The fourth-order valence-corrected chi connectivity index (χ4v) is 9.95. The van der Waals surface area contributed by atoms with Gasteiger partial charge in [0, 0.05) is 35.5 Å². The Morgan fingerprint density at radius 2 is 2.03 bits per heavy atom. The van der Waals surface area contributed by atoms with Gasteiger partial charge in [0.15, 0.2) is 0 Å². The Morgan fingerprint density at radius 3 is 2.64 bits per heavy atom. The third kappa shape index (κ3) is 4.31. The van der Waals surface area contributed by atoms with Crippen molar-refractivity contribution in [1.29, 1.82) is 0 Å². The molecule has 3 saturated heterocycles. The number of likely N-dealkylation sites (tertiary alicyclic amines) is 1. The molecule has 1 aromatic rings. The molecule has 0 radical (unpaired) electrons. The summed E-state index contributed by atoms with van der Waals surface area (Å²) in [5, 5.41) is 9.24. The molecule has 3 aliphatic heterocycles. The van der Waals surface area contributed by atoms with Gasteiger partial charge in [0.05, 0.1) is 23.2 Å². The van der Waals surface area contributed by atoms with E-state index in [-0.39, 0.29) is 41.1 Å². The molecule has 0 saturated carbocycles. The molecule has 2 amide bonds. The van der Waals surface area contributed by atoms with Gasteiger partial charge in [-0.3, -0.25) is 14.4 Å². The second kappa shape index (κ2) is 10.9. The van der Waals surface area contributed by atoms with Crippen LogP contribution in [0.2, 0.25) is 0 Å². The first-order valence-electron chi connectivity index (χ1n) is 12.6. The zero-order chi connectivity index (χ0) is 26.2. The Balaban J connectivity index is 1.81. The Morgan fingerprint density at radius 1 is 1.33 bits per heavy atom. The molecule has 3 heterocycles. The summed E-state index contributed by atoms with van der Waals surface area (Å²) in [7, 11) is 0. The van der Waals surface area contributed by atoms with Crippen LogP contribution in [0.15, 0.2) is 30.9 Å². The van der Waals surface area contributed by atoms with Gasteiger partial charge in [-0.25, -0.2) is 0 Å². The van der Waals surface area contributed by atoms with Crippen molar-refractivity contribution in [2.24, 2.45) is 11.8 Å². The summed E-state index contributed by atoms with van der Waals surface area (Å²) >= 11 is 5.38. The van der Waals surface area contributed by atoms with E-state index in [2.05, 4.69) is 22.5 Å². The maximum absolute atomic E-state index is 14.6. The van der Waals surface area contributed by atoms with E-state index in [1.54, 1.807) is 34.6 Å². The van der Waals surface area contributed by atoms with E-state index < -0.39 is 22.6 Å². The number of aliphatic hydroxyl groups is 1. The molecule has 4 rings (SSSR count). The van der Waals surface area contributed by atoms with Gasteiger partial charge in [0.1, 0.15) is 6.04 Å². The molecule has 7 nitrogen and oxygen atoms in total. The second-order valence-electron chi connectivity index (χ2n) is 9.86. The highest BCUT2D eigenvalue weighted by atomic mass is 79.9. The third-order valence-electron chi connectivity index (χ3n) is 7.68. The number of esters is 1. The fourth-order valence-electron chi connectivity index (χ4n) is 6.35. The van der Waals surface area contributed by atoms with E-state index >= 15 is 0 Å². The van der Waals surface area contributed by atoms with Crippen molar-refractivity contribution < 1.29 is 24.2 Å². The van der Waals surface area contributed by atoms with Crippen LogP contribution in [0.3, 0.4) is 0 Å². The topological polar surface area (TPSA) is 87.2 Å². The predicted molar refractivity (Wildman–Crippen MR) is 145 cm³/mol. The quantitative estimate of drug-likeness (QED) is 0.197. The Kier molecular flexibility index (Phi) is 8.22. The molecular formula is C27H35BrN2O5S. The average molecular weight is 580 g/mol. The third-order valence-corrected chi connectivity index (χ3v) is 10.9. The molecule has 3 aliphatic rings. The number of carbonyl (C=O) groups excluding carboxylic acids is 3. The van der Waals surface area contributed by atoms with Gasteiger partial charge >= 0.3 is 5.97 Å². The minimum atomic E-state index is -0.723. The van der Waals surface area contributed by atoms with Gasteiger partial charge in [0.25, 0.3) is 5.91 Å². The van der Waals surface area contributed by atoms with Crippen molar-refractivity contribution in [3.63, 3.8) is 0 Å².